The highest BCUT2D eigenvalue weighted by molar-refractivity contribution is 5.94. The van der Waals surface area contributed by atoms with Crippen molar-refractivity contribution in [2.24, 2.45) is 0 Å². The topological polar surface area (TPSA) is 52.8 Å². The van der Waals surface area contributed by atoms with E-state index in [2.05, 4.69) is 28.0 Å². The summed E-state index contributed by atoms with van der Waals surface area (Å²) >= 11 is 0. The molecule has 4 rings (SSSR count). The minimum atomic E-state index is -0.158. The summed E-state index contributed by atoms with van der Waals surface area (Å²) in [4.78, 5) is 19.3. The van der Waals surface area contributed by atoms with Gasteiger partial charge in [0, 0.05) is 68.7 Å². The number of rotatable bonds is 8. The summed E-state index contributed by atoms with van der Waals surface area (Å²) in [6.07, 6.45) is 0. The van der Waals surface area contributed by atoms with Crippen LogP contribution >= 0.6 is 0 Å². The highest BCUT2D eigenvalue weighted by Gasteiger charge is 2.29. The number of nitrogen functional groups attached to an aromatic ring is 1. The van der Waals surface area contributed by atoms with Crippen molar-refractivity contribution >= 4 is 11.6 Å². The Hall–Kier alpha value is -3.22. The van der Waals surface area contributed by atoms with E-state index in [1.807, 2.05) is 61.2 Å². The maximum atomic E-state index is 14.3. The quantitative estimate of drug-likeness (QED) is 0.470. The number of carbonyl (C=O) groups excluding carboxylic acids is 1. The van der Waals surface area contributed by atoms with Gasteiger partial charge in [-0.3, -0.25) is 14.6 Å². The number of hydrogen-bond acceptors (Lipinski definition) is 4. The third-order valence-corrected chi connectivity index (χ3v) is 6.86. The molecule has 3 aromatic rings. The minimum Gasteiger partial charge on any atom is -0.399 e. The van der Waals surface area contributed by atoms with E-state index in [4.69, 9.17) is 5.73 Å². The Labute approximate surface area is 208 Å². The van der Waals surface area contributed by atoms with Crippen molar-refractivity contribution in [1.29, 1.82) is 0 Å². The van der Waals surface area contributed by atoms with Gasteiger partial charge >= 0.3 is 0 Å². The van der Waals surface area contributed by atoms with Gasteiger partial charge in [0.25, 0.3) is 5.91 Å². The van der Waals surface area contributed by atoms with Crippen molar-refractivity contribution in [3.05, 3.63) is 101 Å². The number of nitrogens with zero attached hydrogens (tertiary/aromatic N) is 3. The van der Waals surface area contributed by atoms with Crippen LogP contribution in [0.25, 0.3) is 0 Å². The maximum absolute atomic E-state index is 14.3. The number of benzene rings is 3. The lowest BCUT2D eigenvalue weighted by Gasteiger charge is -2.42. The first-order chi connectivity index (χ1) is 17.0. The Kier molecular flexibility index (Phi) is 8.16. The molecule has 1 heterocycles. The van der Waals surface area contributed by atoms with Crippen LogP contribution in [0, 0.1) is 5.82 Å². The van der Waals surface area contributed by atoms with Gasteiger partial charge in [-0.15, -0.1) is 0 Å². The summed E-state index contributed by atoms with van der Waals surface area (Å²) in [6.45, 7) is 9.26. The predicted octanol–water partition coefficient (Wildman–Crippen LogP) is 4.95. The molecule has 0 aliphatic carbocycles. The third-order valence-electron chi connectivity index (χ3n) is 6.86. The predicted molar refractivity (Wildman–Crippen MR) is 139 cm³/mol. The molecular formula is C29H35FN4O. The molecule has 1 saturated heterocycles. The molecule has 35 heavy (non-hydrogen) atoms. The van der Waals surface area contributed by atoms with Crippen molar-refractivity contribution in [1.82, 2.24) is 14.7 Å². The zero-order valence-corrected chi connectivity index (χ0v) is 20.7. The zero-order chi connectivity index (χ0) is 24.8. The monoisotopic (exact) mass is 474 g/mol. The first-order valence-corrected chi connectivity index (χ1v) is 12.4. The Morgan fingerprint density at radius 2 is 1.71 bits per heavy atom. The van der Waals surface area contributed by atoms with Crippen molar-refractivity contribution in [2.45, 2.75) is 33.0 Å². The molecule has 0 unspecified atom stereocenters. The van der Waals surface area contributed by atoms with Gasteiger partial charge in [-0.05, 0) is 55.3 Å². The highest BCUT2D eigenvalue weighted by atomic mass is 19.1. The molecule has 1 fully saturated rings. The molecule has 0 spiro atoms. The lowest BCUT2D eigenvalue weighted by molar-refractivity contribution is 0.0630. The van der Waals surface area contributed by atoms with Crippen LogP contribution in [0.3, 0.4) is 0 Å². The van der Waals surface area contributed by atoms with E-state index in [9.17, 15) is 9.18 Å². The Bertz CT molecular complexity index is 1130. The lowest BCUT2D eigenvalue weighted by Crippen LogP contribution is -2.47. The van der Waals surface area contributed by atoms with Crippen LogP contribution in [0.5, 0.6) is 0 Å². The number of piperazine rings is 1. The van der Waals surface area contributed by atoms with Crippen LogP contribution in [0.15, 0.2) is 72.8 Å². The summed E-state index contributed by atoms with van der Waals surface area (Å²) in [6, 6.07) is 23.2. The average Bonchev–Trinajstić information content (AvgIpc) is 2.87. The molecule has 0 saturated carbocycles. The fourth-order valence-electron chi connectivity index (χ4n) is 4.84. The van der Waals surface area contributed by atoms with Gasteiger partial charge in [0.05, 0.1) is 0 Å². The SMILES string of the molecule is CCN(CC)C(=O)c1ccc(CN2CCN(Cc3ccccc3F)C[C@H]2c2cccc(N)c2)cc1. The van der Waals surface area contributed by atoms with Crippen LogP contribution in [0.4, 0.5) is 10.1 Å². The van der Waals surface area contributed by atoms with E-state index >= 15 is 0 Å². The van der Waals surface area contributed by atoms with Crippen LogP contribution < -0.4 is 5.73 Å². The summed E-state index contributed by atoms with van der Waals surface area (Å²) in [5.74, 6) is -0.0873. The van der Waals surface area contributed by atoms with Gasteiger partial charge < -0.3 is 10.6 Å². The summed E-state index contributed by atoms with van der Waals surface area (Å²) in [7, 11) is 0. The van der Waals surface area contributed by atoms with Crippen molar-refractivity contribution in [3.8, 4) is 0 Å². The van der Waals surface area contributed by atoms with Gasteiger partial charge in [-0.25, -0.2) is 4.39 Å². The molecular weight excluding hydrogens is 439 g/mol. The standard InChI is InChI=1S/C29H35FN4O/c1-3-33(4-2)29(35)23-14-12-22(13-15-23)19-34-17-16-32(20-25-8-5-6-11-27(25)30)21-28(34)24-9-7-10-26(31)18-24/h5-15,18,28H,3-4,16-17,19-21,31H2,1-2H3/t28-/m0/s1. The van der Waals surface area contributed by atoms with E-state index in [0.29, 0.717) is 19.6 Å². The molecule has 1 aliphatic heterocycles. The summed E-state index contributed by atoms with van der Waals surface area (Å²) in [5, 5.41) is 0. The molecule has 2 N–H and O–H groups in total. The fourth-order valence-corrected chi connectivity index (χ4v) is 4.84. The number of anilines is 1. The molecule has 6 heteroatoms. The van der Waals surface area contributed by atoms with Crippen molar-refractivity contribution < 1.29 is 9.18 Å². The van der Waals surface area contributed by atoms with Gasteiger partial charge in [-0.1, -0.05) is 42.5 Å². The average molecular weight is 475 g/mol. The lowest BCUT2D eigenvalue weighted by atomic mass is 10.00. The van der Waals surface area contributed by atoms with E-state index in [0.717, 1.165) is 54.1 Å². The van der Waals surface area contributed by atoms with Crippen molar-refractivity contribution in [3.63, 3.8) is 0 Å². The minimum absolute atomic E-state index is 0.0703. The van der Waals surface area contributed by atoms with E-state index < -0.39 is 0 Å². The fraction of sp³-hybridized carbons (Fsp3) is 0.345. The molecule has 1 aliphatic rings. The van der Waals surface area contributed by atoms with E-state index in [1.54, 1.807) is 6.07 Å². The van der Waals surface area contributed by atoms with E-state index in [-0.39, 0.29) is 17.8 Å². The van der Waals surface area contributed by atoms with Crippen LogP contribution in [-0.4, -0.2) is 53.3 Å². The Balaban J connectivity index is 1.51. The molecule has 1 amide bonds. The normalized spacial score (nSPS) is 16.8. The summed E-state index contributed by atoms with van der Waals surface area (Å²) in [5.41, 5.74) is 10.6. The number of carbonyl (C=O) groups is 1. The van der Waals surface area contributed by atoms with Crippen molar-refractivity contribution in [2.75, 3.05) is 38.5 Å². The van der Waals surface area contributed by atoms with Gasteiger partial charge in [0.1, 0.15) is 5.82 Å². The van der Waals surface area contributed by atoms with Gasteiger partial charge in [0.15, 0.2) is 0 Å². The highest BCUT2D eigenvalue weighted by Crippen LogP contribution is 2.29. The first kappa shape index (κ1) is 24.9. The second kappa shape index (κ2) is 11.5. The molecule has 184 valence electrons. The smallest absolute Gasteiger partial charge is 0.253 e. The van der Waals surface area contributed by atoms with E-state index in [1.165, 1.54) is 6.07 Å². The number of halogens is 1. The number of amides is 1. The van der Waals surface area contributed by atoms with Crippen LogP contribution in [0.2, 0.25) is 0 Å². The Morgan fingerprint density at radius 3 is 2.40 bits per heavy atom. The van der Waals surface area contributed by atoms with Crippen LogP contribution in [0.1, 0.15) is 46.9 Å². The maximum Gasteiger partial charge on any atom is 0.253 e. The molecule has 0 aromatic heterocycles. The number of nitrogens with two attached hydrogens (primary N) is 1. The molecule has 5 nitrogen and oxygen atoms in total. The largest absolute Gasteiger partial charge is 0.399 e. The number of hydrogen-bond donors (Lipinski definition) is 1. The summed E-state index contributed by atoms with van der Waals surface area (Å²) < 4.78 is 14.3. The van der Waals surface area contributed by atoms with Gasteiger partial charge in [0.2, 0.25) is 0 Å². The molecule has 0 bridgehead atoms. The molecule has 0 radical (unpaired) electrons. The first-order valence-electron chi connectivity index (χ1n) is 12.4. The Morgan fingerprint density at radius 1 is 0.971 bits per heavy atom. The molecule has 1 atom stereocenters. The third kappa shape index (κ3) is 6.08. The second-order valence-corrected chi connectivity index (χ2v) is 9.16. The van der Waals surface area contributed by atoms with Crippen LogP contribution in [-0.2, 0) is 13.1 Å². The molecule has 3 aromatic carbocycles. The second-order valence-electron chi connectivity index (χ2n) is 9.16. The zero-order valence-electron chi connectivity index (χ0n) is 20.7. The van der Waals surface area contributed by atoms with Gasteiger partial charge in [-0.2, -0.15) is 0 Å².